The number of methoxy groups -OCH3 is 1. The van der Waals surface area contributed by atoms with Crippen molar-refractivity contribution in [3.05, 3.63) is 0 Å². The molecule has 1 aliphatic rings. The maximum atomic E-state index is 11.8. The molecule has 16 heavy (non-hydrogen) atoms. The number of sulfonamides is 1. The highest BCUT2D eigenvalue weighted by molar-refractivity contribution is 7.89. The van der Waals surface area contributed by atoms with Crippen LogP contribution in [-0.2, 0) is 14.8 Å². The Kier molecular flexibility index (Phi) is 4.30. The lowest BCUT2D eigenvalue weighted by molar-refractivity contribution is 0.208. The van der Waals surface area contributed by atoms with E-state index in [0.717, 1.165) is 0 Å². The maximum Gasteiger partial charge on any atom is 0.216 e. The van der Waals surface area contributed by atoms with Crippen LogP contribution in [0.25, 0.3) is 0 Å². The van der Waals surface area contributed by atoms with Crippen molar-refractivity contribution in [2.24, 2.45) is 5.41 Å². The van der Waals surface area contributed by atoms with Gasteiger partial charge in [-0.25, -0.2) is 12.7 Å². The predicted molar refractivity (Wildman–Crippen MR) is 60.2 cm³/mol. The van der Waals surface area contributed by atoms with Crippen molar-refractivity contribution in [2.45, 2.75) is 19.8 Å². The first-order chi connectivity index (χ1) is 7.43. The van der Waals surface area contributed by atoms with Crippen molar-refractivity contribution >= 4 is 10.0 Å². The number of rotatable bonds is 4. The average molecular weight is 246 g/mol. The molecule has 0 bridgehead atoms. The van der Waals surface area contributed by atoms with E-state index in [-0.39, 0.29) is 17.8 Å². The number of nitriles is 1. The van der Waals surface area contributed by atoms with Gasteiger partial charge in [-0.15, -0.1) is 0 Å². The Morgan fingerprint density at radius 3 is 2.44 bits per heavy atom. The van der Waals surface area contributed by atoms with Gasteiger partial charge in [0.15, 0.2) is 0 Å². The van der Waals surface area contributed by atoms with Gasteiger partial charge in [-0.05, 0) is 19.8 Å². The Hall–Kier alpha value is -0.640. The molecule has 1 heterocycles. The molecular formula is C10H18N2O3S. The van der Waals surface area contributed by atoms with Gasteiger partial charge in [-0.1, -0.05) is 0 Å². The fourth-order valence-electron chi connectivity index (χ4n) is 1.69. The molecule has 0 N–H and O–H groups in total. The summed E-state index contributed by atoms with van der Waals surface area (Å²) >= 11 is 0. The van der Waals surface area contributed by atoms with Crippen molar-refractivity contribution in [2.75, 3.05) is 32.6 Å². The highest BCUT2D eigenvalue weighted by Crippen LogP contribution is 2.30. The molecule has 0 aromatic heterocycles. The van der Waals surface area contributed by atoms with E-state index < -0.39 is 10.0 Å². The summed E-state index contributed by atoms with van der Waals surface area (Å²) in [5.74, 6) is 0.0206. The van der Waals surface area contributed by atoms with Gasteiger partial charge in [0, 0.05) is 20.2 Å². The topological polar surface area (TPSA) is 70.4 Å². The third-order valence-electron chi connectivity index (χ3n) is 3.03. The van der Waals surface area contributed by atoms with Gasteiger partial charge in [0.1, 0.15) is 0 Å². The summed E-state index contributed by atoms with van der Waals surface area (Å²) < 4.78 is 29.8. The molecule has 0 amide bonds. The van der Waals surface area contributed by atoms with Crippen LogP contribution in [0.5, 0.6) is 0 Å². The fourth-order valence-corrected chi connectivity index (χ4v) is 3.06. The lowest BCUT2D eigenvalue weighted by Gasteiger charge is -2.34. The van der Waals surface area contributed by atoms with Gasteiger partial charge in [0.25, 0.3) is 0 Å². The minimum absolute atomic E-state index is 0.0206. The van der Waals surface area contributed by atoms with E-state index in [4.69, 9.17) is 10.00 Å². The summed E-state index contributed by atoms with van der Waals surface area (Å²) in [6.45, 7) is 2.98. The minimum Gasteiger partial charge on any atom is -0.384 e. The first-order valence-electron chi connectivity index (χ1n) is 5.31. The van der Waals surface area contributed by atoms with Crippen LogP contribution in [0.4, 0.5) is 0 Å². The molecule has 0 unspecified atom stereocenters. The van der Waals surface area contributed by atoms with Crippen molar-refractivity contribution in [1.29, 1.82) is 5.26 Å². The lowest BCUT2D eigenvalue weighted by Crippen LogP contribution is -2.43. The molecule has 0 spiro atoms. The molecular weight excluding hydrogens is 228 g/mol. The Morgan fingerprint density at radius 2 is 2.00 bits per heavy atom. The normalized spacial score (nSPS) is 21.6. The van der Waals surface area contributed by atoms with Crippen LogP contribution in [0.1, 0.15) is 19.8 Å². The minimum atomic E-state index is -3.20. The predicted octanol–water partition coefficient (Wildman–Crippen LogP) is 0.588. The van der Waals surface area contributed by atoms with Crippen molar-refractivity contribution in [3.63, 3.8) is 0 Å². The van der Waals surface area contributed by atoms with Crippen LogP contribution in [0.15, 0.2) is 0 Å². The lowest BCUT2D eigenvalue weighted by atomic mass is 9.83. The van der Waals surface area contributed by atoms with Gasteiger partial charge in [-0.2, -0.15) is 5.26 Å². The Labute approximate surface area is 97.0 Å². The number of hydrogen-bond donors (Lipinski definition) is 0. The third kappa shape index (κ3) is 3.17. The molecule has 5 nitrogen and oxygen atoms in total. The first-order valence-corrected chi connectivity index (χ1v) is 6.92. The van der Waals surface area contributed by atoms with Crippen molar-refractivity contribution in [3.8, 4) is 6.07 Å². The van der Waals surface area contributed by atoms with E-state index in [1.165, 1.54) is 11.4 Å². The second kappa shape index (κ2) is 5.13. The number of hydrogen-bond acceptors (Lipinski definition) is 4. The molecule has 1 fully saturated rings. The van der Waals surface area contributed by atoms with Gasteiger partial charge in [0.05, 0.1) is 23.8 Å². The zero-order valence-electron chi connectivity index (χ0n) is 9.77. The van der Waals surface area contributed by atoms with E-state index in [1.807, 2.05) is 6.92 Å². The second-order valence-electron chi connectivity index (χ2n) is 4.38. The molecule has 0 aliphatic carbocycles. The van der Waals surface area contributed by atoms with Gasteiger partial charge < -0.3 is 4.74 Å². The number of piperidine rings is 1. The Bertz CT molecular complexity index is 364. The van der Waals surface area contributed by atoms with E-state index in [0.29, 0.717) is 25.9 Å². The standard InChI is InChI=1S/C10H18N2O3S/c1-10(9-11)3-5-12(6-4-10)16(13,14)8-7-15-2/h3-8H2,1-2H3. The molecule has 0 saturated carbocycles. The van der Waals surface area contributed by atoms with Gasteiger partial charge in [-0.3, -0.25) is 0 Å². The smallest absolute Gasteiger partial charge is 0.216 e. The maximum absolute atomic E-state index is 11.8. The average Bonchev–Trinajstić information content (AvgIpc) is 2.27. The summed E-state index contributed by atoms with van der Waals surface area (Å²) in [6.07, 6.45) is 1.21. The van der Waals surface area contributed by atoms with Crippen LogP contribution in [0.2, 0.25) is 0 Å². The Morgan fingerprint density at radius 1 is 1.44 bits per heavy atom. The van der Waals surface area contributed by atoms with E-state index in [2.05, 4.69) is 6.07 Å². The summed E-state index contributed by atoms with van der Waals surface area (Å²) in [5, 5.41) is 8.94. The van der Waals surface area contributed by atoms with Crippen LogP contribution >= 0.6 is 0 Å². The van der Waals surface area contributed by atoms with Crippen LogP contribution < -0.4 is 0 Å². The molecule has 0 radical (unpaired) electrons. The largest absolute Gasteiger partial charge is 0.384 e. The SMILES string of the molecule is COCCS(=O)(=O)N1CCC(C)(C#N)CC1. The highest BCUT2D eigenvalue weighted by atomic mass is 32.2. The van der Waals surface area contributed by atoms with E-state index >= 15 is 0 Å². The van der Waals surface area contributed by atoms with Gasteiger partial charge >= 0.3 is 0 Å². The molecule has 1 saturated heterocycles. The molecule has 0 aromatic carbocycles. The number of ether oxygens (including phenoxy) is 1. The van der Waals surface area contributed by atoms with Crippen molar-refractivity contribution in [1.82, 2.24) is 4.31 Å². The molecule has 6 heteroatoms. The second-order valence-corrected chi connectivity index (χ2v) is 6.47. The summed E-state index contributed by atoms with van der Waals surface area (Å²) in [6, 6.07) is 2.25. The molecule has 1 rings (SSSR count). The Balaban J connectivity index is 2.57. The molecule has 92 valence electrons. The highest BCUT2D eigenvalue weighted by Gasteiger charge is 2.34. The van der Waals surface area contributed by atoms with E-state index in [9.17, 15) is 8.42 Å². The molecule has 0 aromatic rings. The molecule has 1 aliphatic heterocycles. The van der Waals surface area contributed by atoms with Crippen LogP contribution in [0, 0.1) is 16.7 Å². The zero-order chi connectivity index (χ0) is 12.2. The quantitative estimate of drug-likeness (QED) is 0.728. The molecule has 0 atom stereocenters. The summed E-state index contributed by atoms with van der Waals surface area (Å²) in [4.78, 5) is 0. The van der Waals surface area contributed by atoms with Crippen LogP contribution in [0.3, 0.4) is 0 Å². The van der Waals surface area contributed by atoms with Crippen LogP contribution in [-0.4, -0.2) is 45.3 Å². The van der Waals surface area contributed by atoms with E-state index in [1.54, 1.807) is 0 Å². The summed E-state index contributed by atoms with van der Waals surface area (Å²) in [7, 11) is -1.72. The third-order valence-corrected chi connectivity index (χ3v) is 4.87. The number of nitrogens with zero attached hydrogens (tertiary/aromatic N) is 2. The fraction of sp³-hybridized carbons (Fsp3) is 0.900. The summed E-state index contributed by atoms with van der Waals surface area (Å²) in [5.41, 5.74) is -0.368. The van der Waals surface area contributed by atoms with Crippen molar-refractivity contribution < 1.29 is 13.2 Å². The first kappa shape index (κ1) is 13.4. The zero-order valence-corrected chi connectivity index (χ0v) is 10.6. The van der Waals surface area contributed by atoms with Gasteiger partial charge in [0.2, 0.25) is 10.0 Å². The monoisotopic (exact) mass is 246 g/mol.